The van der Waals surface area contributed by atoms with Gasteiger partial charge in [0, 0.05) is 0 Å². The predicted molar refractivity (Wildman–Crippen MR) is 104 cm³/mol. The molecule has 0 aromatic heterocycles. The van der Waals surface area contributed by atoms with Gasteiger partial charge in [0.25, 0.3) is 0 Å². The highest BCUT2D eigenvalue weighted by molar-refractivity contribution is 7.89. The molecule has 0 fully saturated rings. The lowest BCUT2D eigenvalue weighted by molar-refractivity contribution is 0.0580. The van der Waals surface area contributed by atoms with E-state index in [1.54, 1.807) is 39.8 Å². The molecule has 4 nitrogen and oxygen atoms in total. The summed E-state index contributed by atoms with van der Waals surface area (Å²) in [4.78, 5) is -0.424. The molecule has 2 N–H and O–H groups in total. The maximum Gasteiger partial charge on any atom is 0.243 e. The molecule has 0 aliphatic carbocycles. The van der Waals surface area contributed by atoms with Crippen molar-refractivity contribution < 1.29 is 17.9 Å². The molecule has 1 rings (SSSR count). The fourth-order valence-electron chi connectivity index (χ4n) is 2.98. The molecule has 146 valence electrons. The van der Waals surface area contributed by atoms with Crippen molar-refractivity contribution in [2.45, 2.75) is 64.5 Å². The van der Waals surface area contributed by atoms with Crippen LogP contribution < -0.4 is 4.72 Å². The molecule has 1 aromatic rings. The van der Waals surface area contributed by atoms with E-state index in [1.807, 2.05) is 13.8 Å². The summed E-state index contributed by atoms with van der Waals surface area (Å²) in [5.74, 6) is -1.01. The van der Waals surface area contributed by atoms with Crippen LogP contribution in [0.2, 0.25) is 0 Å². The first-order chi connectivity index (χ1) is 12.1. The number of nitrogens with one attached hydrogen (secondary N) is 1. The van der Waals surface area contributed by atoms with Gasteiger partial charge in [-0.1, -0.05) is 44.6 Å². The predicted octanol–water partition coefficient (Wildman–Crippen LogP) is 4.18. The van der Waals surface area contributed by atoms with Crippen molar-refractivity contribution in [1.82, 2.24) is 4.72 Å². The van der Waals surface area contributed by atoms with Crippen molar-refractivity contribution >= 4 is 10.0 Å². The quantitative estimate of drug-likeness (QED) is 0.662. The van der Waals surface area contributed by atoms with Crippen molar-refractivity contribution in [2.24, 2.45) is 5.92 Å². The van der Waals surface area contributed by atoms with Crippen LogP contribution >= 0.6 is 0 Å². The standard InChI is InChI=1S/C20H30FNO3S/c1-7-14(4)19(20(23,15(5)8-2)16(6)9-3)22-26(24,25)18-13-11-10-12-17(18)21/h8-14,19,22-23H,7H2,1-6H3/b15-8-,16-9+/t14-,19-,20?/m0/s1. The van der Waals surface area contributed by atoms with Gasteiger partial charge in [0.1, 0.15) is 16.3 Å². The molecule has 0 saturated carbocycles. The Morgan fingerprint density at radius 1 is 1.23 bits per heavy atom. The fourth-order valence-corrected chi connectivity index (χ4v) is 4.43. The van der Waals surface area contributed by atoms with Crippen LogP contribution in [0.3, 0.4) is 0 Å². The average Bonchev–Trinajstić information content (AvgIpc) is 2.63. The number of sulfonamides is 1. The molecule has 26 heavy (non-hydrogen) atoms. The maximum atomic E-state index is 14.1. The monoisotopic (exact) mass is 383 g/mol. The molecular weight excluding hydrogens is 353 g/mol. The molecule has 0 spiro atoms. The number of halogens is 1. The van der Waals surface area contributed by atoms with E-state index in [2.05, 4.69) is 4.72 Å². The maximum absolute atomic E-state index is 14.1. The molecule has 6 heteroatoms. The van der Waals surface area contributed by atoms with E-state index in [4.69, 9.17) is 0 Å². The number of benzene rings is 1. The molecule has 0 aliphatic rings. The minimum Gasteiger partial charge on any atom is -0.379 e. The van der Waals surface area contributed by atoms with Gasteiger partial charge in [0.15, 0.2) is 0 Å². The first-order valence-electron chi connectivity index (χ1n) is 8.82. The molecule has 0 radical (unpaired) electrons. The Hall–Kier alpha value is -1.50. The highest BCUT2D eigenvalue weighted by atomic mass is 32.2. The molecule has 0 bridgehead atoms. The normalized spacial score (nSPS) is 18.3. The van der Waals surface area contributed by atoms with Crippen molar-refractivity contribution in [2.75, 3.05) is 0 Å². The van der Waals surface area contributed by atoms with Gasteiger partial charge in [-0.3, -0.25) is 0 Å². The molecule has 0 amide bonds. The summed E-state index contributed by atoms with van der Waals surface area (Å²) in [7, 11) is -4.15. The lowest BCUT2D eigenvalue weighted by atomic mass is 9.75. The Morgan fingerprint density at radius 3 is 2.15 bits per heavy atom. The largest absolute Gasteiger partial charge is 0.379 e. The summed E-state index contributed by atoms with van der Waals surface area (Å²) in [6.07, 6.45) is 4.17. The smallest absolute Gasteiger partial charge is 0.243 e. The zero-order valence-corrected chi connectivity index (χ0v) is 17.2. The van der Waals surface area contributed by atoms with E-state index in [0.29, 0.717) is 17.6 Å². The van der Waals surface area contributed by atoms with Crippen LogP contribution in [0.5, 0.6) is 0 Å². The Kier molecular flexibility index (Phi) is 7.74. The summed E-state index contributed by atoms with van der Waals surface area (Å²) in [5.41, 5.74) is -0.235. The molecule has 1 unspecified atom stereocenters. The fraction of sp³-hybridized carbons (Fsp3) is 0.500. The van der Waals surface area contributed by atoms with Gasteiger partial charge in [-0.25, -0.2) is 17.5 Å². The molecular formula is C20H30FNO3S. The van der Waals surface area contributed by atoms with Crippen molar-refractivity contribution in [3.63, 3.8) is 0 Å². The third-order valence-corrected chi connectivity index (χ3v) is 6.61. The van der Waals surface area contributed by atoms with E-state index in [9.17, 15) is 17.9 Å². The van der Waals surface area contributed by atoms with Crippen molar-refractivity contribution in [3.8, 4) is 0 Å². The molecule has 1 aromatic carbocycles. The van der Waals surface area contributed by atoms with Crippen LogP contribution in [0, 0.1) is 11.7 Å². The molecule has 0 aliphatic heterocycles. The van der Waals surface area contributed by atoms with Gasteiger partial charge in [-0.05, 0) is 56.9 Å². The zero-order valence-electron chi connectivity index (χ0n) is 16.4. The van der Waals surface area contributed by atoms with Crippen LogP contribution in [0.1, 0.15) is 48.0 Å². The number of rotatable bonds is 8. The highest BCUT2D eigenvalue weighted by Gasteiger charge is 2.44. The summed E-state index contributed by atoms with van der Waals surface area (Å²) < 4.78 is 42.3. The second kappa shape index (κ2) is 8.93. The van der Waals surface area contributed by atoms with Crippen molar-refractivity contribution in [1.29, 1.82) is 0 Å². The average molecular weight is 384 g/mol. The Balaban J connectivity index is 3.54. The number of allylic oxidation sites excluding steroid dienone is 2. The summed E-state index contributed by atoms with van der Waals surface area (Å²) in [6, 6.07) is 4.38. The van der Waals surface area contributed by atoms with Crippen molar-refractivity contribution in [3.05, 3.63) is 53.4 Å². The van der Waals surface area contributed by atoms with Gasteiger partial charge in [-0.2, -0.15) is 0 Å². The van der Waals surface area contributed by atoms with Gasteiger partial charge < -0.3 is 5.11 Å². The number of hydrogen-bond donors (Lipinski definition) is 2. The second-order valence-electron chi connectivity index (χ2n) is 6.62. The Morgan fingerprint density at radius 2 is 1.73 bits per heavy atom. The summed E-state index contributed by atoms with van der Waals surface area (Å²) >= 11 is 0. The van der Waals surface area contributed by atoms with Gasteiger partial charge in [0.2, 0.25) is 10.0 Å². The van der Waals surface area contributed by atoms with Crippen LogP contribution in [0.25, 0.3) is 0 Å². The van der Waals surface area contributed by atoms with E-state index < -0.39 is 32.4 Å². The number of aliphatic hydroxyl groups is 1. The van der Waals surface area contributed by atoms with Gasteiger partial charge in [-0.15, -0.1) is 0 Å². The Labute approximate surface area is 156 Å². The highest BCUT2D eigenvalue weighted by Crippen LogP contribution is 2.35. The first-order valence-corrected chi connectivity index (χ1v) is 10.3. The number of hydrogen-bond acceptors (Lipinski definition) is 3. The second-order valence-corrected chi connectivity index (χ2v) is 8.31. The SMILES string of the molecule is C/C=C(/C)C(O)(/C(C)=C/C)[C@@H](NS(=O)(=O)c1ccccc1F)[C@@H](C)CC. The van der Waals surface area contributed by atoms with Crippen LogP contribution in [0.4, 0.5) is 4.39 Å². The minimum atomic E-state index is -4.15. The van der Waals surface area contributed by atoms with Crippen LogP contribution in [0.15, 0.2) is 52.5 Å². The van der Waals surface area contributed by atoms with E-state index >= 15 is 0 Å². The summed E-state index contributed by atoms with van der Waals surface area (Å²) in [6.45, 7) is 10.9. The first kappa shape index (κ1) is 22.5. The lowest BCUT2D eigenvalue weighted by Crippen LogP contribution is -2.57. The Bertz CT molecular complexity index is 766. The van der Waals surface area contributed by atoms with Gasteiger partial charge >= 0.3 is 0 Å². The van der Waals surface area contributed by atoms with E-state index in [1.165, 1.54) is 18.2 Å². The van der Waals surface area contributed by atoms with Gasteiger partial charge in [0.05, 0.1) is 6.04 Å². The third-order valence-electron chi connectivity index (χ3n) is 5.14. The molecule has 0 saturated heterocycles. The van der Waals surface area contributed by atoms with E-state index in [0.717, 1.165) is 6.07 Å². The molecule has 3 atom stereocenters. The molecule has 0 heterocycles. The van der Waals surface area contributed by atoms with Crippen LogP contribution in [-0.4, -0.2) is 25.2 Å². The third kappa shape index (κ3) is 4.42. The lowest BCUT2D eigenvalue weighted by Gasteiger charge is -2.41. The topological polar surface area (TPSA) is 66.4 Å². The zero-order chi connectivity index (χ0) is 20.1. The van der Waals surface area contributed by atoms with E-state index in [-0.39, 0.29) is 5.92 Å². The minimum absolute atomic E-state index is 0.189. The van der Waals surface area contributed by atoms with Crippen LogP contribution in [-0.2, 0) is 10.0 Å². The summed E-state index contributed by atoms with van der Waals surface area (Å²) in [5, 5.41) is 11.5.